The molecule has 0 saturated carbocycles. The zero-order valence-electron chi connectivity index (χ0n) is 30.1. The Morgan fingerprint density at radius 2 is 1.17 bits per heavy atom. The topological polar surface area (TPSA) is 30.7 Å². The second-order valence-corrected chi connectivity index (χ2v) is 19.5. The van der Waals surface area contributed by atoms with Crippen molar-refractivity contribution < 1.29 is 0 Å². The third-order valence-electron chi connectivity index (χ3n) is 11.3. The van der Waals surface area contributed by atoms with E-state index in [9.17, 15) is 0 Å². The van der Waals surface area contributed by atoms with Gasteiger partial charge in [0.05, 0.1) is 11.2 Å². The summed E-state index contributed by atoms with van der Waals surface area (Å²) in [5, 5.41) is 7.67. The molecule has 0 saturated heterocycles. The van der Waals surface area contributed by atoms with E-state index in [0.717, 1.165) is 28.0 Å². The first kappa shape index (κ1) is 32.6. The Morgan fingerprint density at radius 1 is 0.500 bits per heavy atom. The van der Waals surface area contributed by atoms with Crippen LogP contribution in [0.5, 0.6) is 0 Å². The molecule has 258 valence electrons. The van der Waals surface area contributed by atoms with Crippen LogP contribution in [0.1, 0.15) is 25.0 Å². The molecule has 3 nitrogen and oxygen atoms in total. The van der Waals surface area contributed by atoms with Gasteiger partial charge in [-0.15, -0.1) is 0 Å². The Bertz CT molecular complexity index is 2790. The first-order chi connectivity index (χ1) is 26.5. The molecule has 0 spiro atoms. The minimum atomic E-state index is -2.89. The van der Waals surface area contributed by atoms with Crippen molar-refractivity contribution in [1.29, 1.82) is 0 Å². The van der Waals surface area contributed by atoms with E-state index in [0.29, 0.717) is 0 Å². The summed E-state index contributed by atoms with van der Waals surface area (Å²) in [6.07, 6.45) is 3.80. The molecule has 9 aromatic rings. The van der Waals surface area contributed by atoms with Crippen molar-refractivity contribution in [3.63, 3.8) is 0 Å². The molecule has 5 heteroatoms. The fraction of sp³-hybridized carbons (Fsp3) is 0.0612. The van der Waals surface area contributed by atoms with Gasteiger partial charge >= 0.3 is 0 Å². The average Bonchev–Trinajstić information content (AvgIpc) is 3.55. The van der Waals surface area contributed by atoms with Crippen molar-refractivity contribution in [1.82, 2.24) is 14.5 Å². The lowest BCUT2D eigenvalue weighted by atomic mass is 9.77. The number of aromatic nitrogens is 3. The van der Waals surface area contributed by atoms with E-state index in [2.05, 4.69) is 188 Å². The van der Waals surface area contributed by atoms with Crippen LogP contribution in [0, 0.1) is 0 Å². The number of nitrogens with zero attached hydrogens (tertiary/aromatic N) is 3. The number of fused-ring (bicyclic) bond motifs is 5. The summed E-state index contributed by atoms with van der Waals surface area (Å²) < 4.78 is 2.40. The van der Waals surface area contributed by atoms with Gasteiger partial charge in [-0.2, -0.15) is 0 Å². The quantitative estimate of drug-likeness (QED) is 0.126. The van der Waals surface area contributed by atoms with Gasteiger partial charge < -0.3 is 0 Å². The number of pyridine rings is 2. The van der Waals surface area contributed by atoms with Crippen molar-refractivity contribution in [3.05, 3.63) is 199 Å². The van der Waals surface area contributed by atoms with Crippen molar-refractivity contribution in [2.45, 2.75) is 29.1 Å². The van der Waals surface area contributed by atoms with Gasteiger partial charge in [0, 0.05) is 49.6 Å². The Hall–Kier alpha value is -6.01. The molecular formula is C49H37N3SSi. The van der Waals surface area contributed by atoms with Crippen LogP contribution in [0.15, 0.2) is 198 Å². The Labute approximate surface area is 321 Å². The summed E-state index contributed by atoms with van der Waals surface area (Å²) >= 11 is 1.88. The first-order valence-electron chi connectivity index (χ1n) is 18.5. The summed E-state index contributed by atoms with van der Waals surface area (Å²) in [6, 6.07) is 64.8. The van der Waals surface area contributed by atoms with E-state index in [1.807, 2.05) is 30.2 Å². The highest BCUT2D eigenvalue weighted by molar-refractivity contribution is 7.99. The van der Waals surface area contributed by atoms with Gasteiger partial charge in [-0.05, 0) is 86.5 Å². The molecule has 0 fully saturated rings. The molecule has 3 aromatic heterocycles. The second-order valence-electron chi connectivity index (χ2n) is 14.6. The van der Waals surface area contributed by atoms with Crippen LogP contribution >= 0.6 is 11.8 Å². The predicted octanol–water partition coefficient (Wildman–Crippen LogP) is 9.41. The van der Waals surface area contributed by atoms with Gasteiger partial charge in [-0.25, -0.2) is 4.98 Å². The number of benzene rings is 6. The molecule has 0 bridgehead atoms. The van der Waals surface area contributed by atoms with Crippen LogP contribution in [0.4, 0.5) is 0 Å². The van der Waals surface area contributed by atoms with E-state index in [1.54, 1.807) is 0 Å². The van der Waals surface area contributed by atoms with Gasteiger partial charge in [0.15, 0.2) is 8.07 Å². The van der Waals surface area contributed by atoms with E-state index in [1.165, 1.54) is 52.6 Å². The van der Waals surface area contributed by atoms with Crippen LogP contribution in [0.3, 0.4) is 0 Å². The highest BCUT2D eigenvalue weighted by atomic mass is 32.2. The Kier molecular flexibility index (Phi) is 7.75. The maximum atomic E-state index is 5.07. The molecule has 0 radical (unpaired) electrons. The fourth-order valence-electron chi connectivity index (χ4n) is 8.74. The molecule has 54 heavy (non-hydrogen) atoms. The highest BCUT2D eigenvalue weighted by Gasteiger charge is 2.42. The van der Waals surface area contributed by atoms with E-state index >= 15 is 0 Å². The van der Waals surface area contributed by atoms with Gasteiger partial charge in [0.2, 0.25) is 0 Å². The zero-order chi connectivity index (χ0) is 36.3. The molecular weight excluding hydrogens is 691 g/mol. The van der Waals surface area contributed by atoms with Gasteiger partial charge in [0.1, 0.15) is 5.65 Å². The maximum Gasteiger partial charge on any atom is 0.179 e. The standard InChI is InChI=1S/C49H37N3SSi/c1-49(2)42-25-9-10-27-46(42)53-47-32-41-40-24-15-29-51-48(40)52(45(41)33-43(47)49)35-17-14-23-39(31-35)54(36-18-5-3-6-19-36,37-20-7-4-8-21-37)38-22-13-16-34(30-38)44-26-11-12-28-50-44/h3-33H,1-2H3. The van der Waals surface area contributed by atoms with Crippen LogP contribution < -0.4 is 20.7 Å². The van der Waals surface area contributed by atoms with Crippen LogP contribution in [0.2, 0.25) is 0 Å². The lowest BCUT2D eigenvalue weighted by Gasteiger charge is -2.35. The number of hydrogen-bond donors (Lipinski definition) is 0. The summed E-state index contributed by atoms with van der Waals surface area (Å²) in [4.78, 5) is 12.5. The van der Waals surface area contributed by atoms with Gasteiger partial charge in [-0.3, -0.25) is 9.55 Å². The summed E-state index contributed by atoms with van der Waals surface area (Å²) in [5.74, 6) is 0. The normalized spacial score (nSPS) is 13.4. The smallest absolute Gasteiger partial charge is 0.179 e. The molecule has 0 aliphatic carbocycles. The van der Waals surface area contributed by atoms with Crippen LogP contribution in [0.25, 0.3) is 38.9 Å². The van der Waals surface area contributed by atoms with Crippen LogP contribution in [-0.4, -0.2) is 22.6 Å². The monoisotopic (exact) mass is 727 g/mol. The van der Waals surface area contributed by atoms with Gasteiger partial charge in [-0.1, -0.05) is 147 Å². The molecule has 1 aliphatic rings. The molecule has 0 amide bonds. The van der Waals surface area contributed by atoms with E-state index in [-0.39, 0.29) is 5.41 Å². The molecule has 1 aliphatic heterocycles. The minimum Gasteiger partial charge on any atom is -0.294 e. The van der Waals surface area contributed by atoms with E-state index in [4.69, 9.17) is 9.97 Å². The molecule has 4 heterocycles. The SMILES string of the molecule is CC1(C)c2ccccc2Sc2cc3c4cccnc4n(-c4cccc([Si](c5ccccc5)(c5ccccc5)c5cccc(-c6ccccn6)c5)c4)c3cc21. The zero-order valence-corrected chi connectivity index (χ0v) is 32.0. The van der Waals surface area contributed by atoms with Crippen molar-refractivity contribution in [2.75, 3.05) is 0 Å². The van der Waals surface area contributed by atoms with Crippen molar-refractivity contribution >= 4 is 62.5 Å². The minimum absolute atomic E-state index is 0.150. The van der Waals surface area contributed by atoms with Gasteiger partial charge in [0.25, 0.3) is 0 Å². The lowest BCUT2D eigenvalue weighted by molar-refractivity contribution is 0.608. The third-order valence-corrected chi connectivity index (χ3v) is 17.2. The number of hydrogen-bond acceptors (Lipinski definition) is 3. The largest absolute Gasteiger partial charge is 0.294 e. The number of rotatable bonds is 6. The molecule has 0 atom stereocenters. The van der Waals surface area contributed by atoms with Crippen molar-refractivity contribution in [3.8, 4) is 16.9 Å². The Morgan fingerprint density at radius 3 is 1.93 bits per heavy atom. The highest BCUT2D eigenvalue weighted by Crippen LogP contribution is 2.51. The van der Waals surface area contributed by atoms with E-state index < -0.39 is 8.07 Å². The first-order valence-corrected chi connectivity index (χ1v) is 21.3. The fourth-order valence-corrected chi connectivity index (χ4v) is 15.0. The molecule has 6 aromatic carbocycles. The third kappa shape index (κ3) is 5.03. The lowest BCUT2D eigenvalue weighted by Crippen LogP contribution is -2.74. The summed E-state index contributed by atoms with van der Waals surface area (Å²) in [5.41, 5.74) is 7.92. The molecule has 0 unspecified atom stereocenters. The average molecular weight is 728 g/mol. The Balaban J connectivity index is 1.25. The summed E-state index contributed by atoms with van der Waals surface area (Å²) in [6.45, 7) is 4.72. The maximum absolute atomic E-state index is 5.07. The predicted molar refractivity (Wildman–Crippen MR) is 228 cm³/mol. The second kappa shape index (κ2) is 12.8. The summed E-state index contributed by atoms with van der Waals surface area (Å²) in [7, 11) is -2.89. The molecule has 10 rings (SSSR count). The van der Waals surface area contributed by atoms with Crippen LogP contribution in [-0.2, 0) is 5.41 Å². The van der Waals surface area contributed by atoms with Crippen molar-refractivity contribution in [2.24, 2.45) is 0 Å². The molecule has 0 N–H and O–H groups in total.